The smallest absolute Gasteiger partial charge is 0.113 e. The molecule has 0 spiro atoms. The Morgan fingerprint density at radius 1 is 1.03 bits per heavy atom. The molecule has 2 aromatic rings. The first-order chi connectivity index (χ1) is 14.4. The maximum Gasteiger partial charge on any atom is 0.113 e. The zero-order valence-corrected chi connectivity index (χ0v) is 17.1. The van der Waals surface area contributed by atoms with Crippen LogP contribution in [-0.4, -0.2) is 51.4 Å². The maximum absolute atomic E-state index is 10.4. The molecule has 1 heterocycles. The highest BCUT2D eigenvalue weighted by Crippen LogP contribution is 2.36. The van der Waals surface area contributed by atoms with Gasteiger partial charge in [-0.1, -0.05) is 43.8 Å². The number of hydrogen-bond acceptors (Lipinski definition) is 7. The Balaban J connectivity index is 1.88. The van der Waals surface area contributed by atoms with Gasteiger partial charge in [-0.15, -0.1) is 0 Å². The molecule has 0 radical (unpaired) electrons. The van der Waals surface area contributed by atoms with E-state index in [0.29, 0.717) is 23.5 Å². The molecule has 3 rings (SSSR count). The van der Waals surface area contributed by atoms with Crippen molar-refractivity contribution in [3.05, 3.63) is 71.9 Å². The predicted molar refractivity (Wildman–Crippen MR) is 116 cm³/mol. The van der Waals surface area contributed by atoms with Gasteiger partial charge in [0.05, 0.1) is 18.0 Å². The zero-order chi connectivity index (χ0) is 21.8. The normalized spacial score (nSPS) is 26.4. The maximum atomic E-state index is 10.4. The Bertz CT molecular complexity index is 855. The van der Waals surface area contributed by atoms with E-state index < -0.39 is 37.1 Å². The van der Waals surface area contributed by atoms with Gasteiger partial charge in [0.15, 0.2) is 0 Å². The van der Waals surface area contributed by atoms with Crippen molar-refractivity contribution in [2.24, 2.45) is 0 Å². The summed E-state index contributed by atoms with van der Waals surface area (Å²) in [5.74, 6) is 0. The quantitative estimate of drug-likeness (QED) is 0.436. The van der Waals surface area contributed by atoms with Crippen molar-refractivity contribution in [1.82, 2.24) is 0 Å². The van der Waals surface area contributed by atoms with E-state index in [-0.39, 0.29) is 0 Å². The first-order valence-electron chi connectivity index (χ1n) is 10.1. The number of aliphatic hydroxyl groups is 4. The van der Waals surface area contributed by atoms with Gasteiger partial charge in [-0.05, 0) is 41.4 Å². The molecule has 1 aliphatic heterocycles. The highest BCUT2D eigenvalue weighted by Gasteiger charge is 2.44. The van der Waals surface area contributed by atoms with Crippen molar-refractivity contribution in [2.75, 3.05) is 17.2 Å². The third-order valence-electron chi connectivity index (χ3n) is 5.59. The van der Waals surface area contributed by atoms with Gasteiger partial charge in [-0.25, -0.2) is 0 Å². The average Bonchev–Trinajstić information content (AvgIpc) is 2.77. The Hall–Kier alpha value is -2.42. The Kier molecular flexibility index (Phi) is 7.12. The lowest BCUT2D eigenvalue weighted by molar-refractivity contribution is -0.231. The lowest BCUT2D eigenvalue weighted by Gasteiger charge is -2.40. The van der Waals surface area contributed by atoms with Crippen molar-refractivity contribution in [1.29, 1.82) is 0 Å². The van der Waals surface area contributed by atoms with Gasteiger partial charge >= 0.3 is 0 Å². The number of nitrogen functional groups attached to an aromatic ring is 1. The summed E-state index contributed by atoms with van der Waals surface area (Å²) in [5, 5.41) is 40.0. The third kappa shape index (κ3) is 4.50. The molecule has 2 aromatic carbocycles. The van der Waals surface area contributed by atoms with E-state index in [2.05, 4.69) is 37.8 Å². The Morgan fingerprint density at radius 3 is 2.30 bits per heavy atom. The lowest BCUT2D eigenvalue weighted by atomic mass is 9.91. The third-order valence-corrected chi connectivity index (χ3v) is 5.59. The molecule has 1 saturated heterocycles. The van der Waals surface area contributed by atoms with Crippen molar-refractivity contribution < 1.29 is 25.2 Å². The Morgan fingerprint density at radius 2 is 1.70 bits per heavy atom. The van der Waals surface area contributed by atoms with Crippen molar-refractivity contribution >= 4 is 11.4 Å². The fourth-order valence-electron chi connectivity index (χ4n) is 3.69. The fourth-order valence-corrected chi connectivity index (χ4v) is 3.69. The SMILES string of the molecule is C=CN(Cc1ccc(CC)cc1)c1cc([C@@H]2O[C@H](CO)[C@@H](O)[C@H](O)[C@H]2O)ccc1N. The summed E-state index contributed by atoms with van der Waals surface area (Å²) >= 11 is 0. The number of aliphatic hydroxyl groups excluding tert-OH is 4. The van der Waals surface area contributed by atoms with Gasteiger partial charge < -0.3 is 35.8 Å². The molecule has 7 nitrogen and oxygen atoms in total. The molecule has 1 aliphatic rings. The highest BCUT2D eigenvalue weighted by molar-refractivity contribution is 5.70. The summed E-state index contributed by atoms with van der Waals surface area (Å²) in [5.41, 5.74) is 10.3. The lowest BCUT2D eigenvalue weighted by Crippen LogP contribution is -2.55. The van der Waals surface area contributed by atoms with E-state index in [1.807, 2.05) is 4.90 Å². The van der Waals surface area contributed by atoms with Crippen molar-refractivity contribution in [3.8, 4) is 0 Å². The summed E-state index contributed by atoms with van der Waals surface area (Å²) < 4.78 is 5.67. The van der Waals surface area contributed by atoms with Crippen LogP contribution in [0.4, 0.5) is 11.4 Å². The highest BCUT2D eigenvalue weighted by atomic mass is 16.5. The van der Waals surface area contributed by atoms with Crippen LogP contribution in [0.2, 0.25) is 0 Å². The molecule has 30 heavy (non-hydrogen) atoms. The number of ether oxygens (including phenoxy) is 1. The minimum absolute atomic E-state index is 0.476. The number of nitrogens with zero attached hydrogens (tertiary/aromatic N) is 1. The monoisotopic (exact) mass is 414 g/mol. The summed E-state index contributed by atoms with van der Waals surface area (Å²) in [6.45, 7) is 6.08. The fraction of sp³-hybridized carbons (Fsp3) is 0.391. The average molecular weight is 415 g/mol. The number of benzene rings is 2. The zero-order valence-electron chi connectivity index (χ0n) is 17.1. The van der Waals surface area contributed by atoms with Crippen LogP contribution < -0.4 is 10.6 Å². The molecule has 6 N–H and O–H groups in total. The first-order valence-corrected chi connectivity index (χ1v) is 10.1. The van der Waals surface area contributed by atoms with E-state index >= 15 is 0 Å². The molecule has 1 fully saturated rings. The molecule has 5 atom stereocenters. The second-order valence-corrected chi connectivity index (χ2v) is 7.55. The van der Waals surface area contributed by atoms with Crippen LogP contribution in [0.1, 0.15) is 29.7 Å². The van der Waals surface area contributed by atoms with Gasteiger partial charge in [0.1, 0.15) is 30.5 Å². The van der Waals surface area contributed by atoms with Crippen molar-refractivity contribution in [3.63, 3.8) is 0 Å². The molecule has 0 saturated carbocycles. The molecule has 7 heteroatoms. The van der Waals surface area contributed by atoms with Gasteiger partial charge in [0.2, 0.25) is 0 Å². The molecule has 0 aromatic heterocycles. The second-order valence-electron chi connectivity index (χ2n) is 7.55. The van der Waals surface area contributed by atoms with E-state index in [0.717, 1.165) is 12.0 Å². The minimum atomic E-state index is -1.44. The van der Waals surface area contributed by atoms with Crippen LogP contribution in [-0.2, 0) is 17.7 Å². The molecular weight excluding hydrogens is 384 g/mol. The largest absolute Gasteiger partial charge is 0.397 e. The summed E-state index contributed by atoms with van der Waals surface area (Å²) in [4.78, 5) is 1.89. The number of anilines is 2. The van der Waals surface area contributed by atoms with E-state index in [1.54, 1.807) is 24.4 Å². The second kappa shape index (κ2) is 9.59. The number of nitrogens with two attached hydrogens (primary N) is 1. The van der Waals surface area contributed by atoms with E-state index in [9.17, 15) is 20.4 Å². The van der Waals surface area contributed by atoms with Crippen LogP contribution in [0, 0.1) is 0 Å². The molecular formula is C23H30N2O5. The molecule has 0 aliphatic carbocycles. The van der Waals surface area contributed by atoms with Gasteiger partial charge in [0.25, 0.3) is 0 Å². The van der Waals surface area contributed by atoms with Crippen molar-refractivity contribution in [2.45, 2.75) is 50.4 Å². The van der Waals surface area contributed by atoms with Gasteiger partial charge in [-0.2, -0.15) is 0 Å². The van der Waals surface area contributed by atoms with Crippen LogP contribution >= 0.6 is 0 Å². The predicted octanol–water partition coefficient (Wildman–Crippen LogP) is 1.50. The molecule has 162 valence electrons. The number of rotatable bonds is 7. The molecule has 0 unspecified atom stereocenters. The van der Waals surface area contributed by atoms with Crippen LogP contribution in [0.5, 0.6) is 0 Å². The van der Waals surface area contributed by atoms with E-state index in [4.69, 9.17) is 10.5 Å². The molecule has 0 amide bonds. The van der Waals surface area contributed by atoms with Gasteiger partial charge in [-0.3, -0.25) is 0 Å². The molecule has 0 bridgehead atoms. The van der Waals surface area contributed by atoms with E-state index in [1.165, 1.54) is 5.56 Å². The number of aryl methyl sites for hydroxylation is 1. The topological polar surface area (TPSA) is 119 Å². The first kappa shape index (κ1) is 22.3. The standard InChI is InChI=1S/C23H30N2O5/c1-3-14-5-7-15(8-6-14)12-25(4-2)18-11-16(9-10-17(18)24)23-22(29)21(28)20(27)19(13-26)30-23/h4-11,19-23,26-29H,2-3,12-13,24H2,1H3/t19-,20-,21+,22-,23+/m1/s1. The summed E-state index contributed by atoms with van der Waals surface area (Å²) in [7, 11) is 0. The van der Waals surface area contributed by atoms with Crippen LogP contribution in [0.25, 0.3) is 0 Å². The van der Waals surface area contributed by atoms with Crippen LogP contribution in [0.15, 0.2) is 55.2 Å². The summed E-state index contributed by atoms with van der Waals surface area (Å²) in [6, 6.07) is 13.5. The minimum Gasteiger partial charge on any atom is -0.397 e. The van der Waals surface area contributed by atoms with Gasteiger partial charge in [0, 0.05) is 6.54 Å². The Labute approximate surface area is 176 Å². The van der Waals surface area contributed by atoms with Crippen LogP contribution in [0.3, 0.4) is 0 Å². The summed E-state index contributed by atoms with van der Waals surface area (Å²) in [6.07, 6.45) is -3.43. The number of hydrogen-bond donors (Lipinski definition) is 5.